The molecule has 0 aromatic heterocycles. The Labute approximate surface area is 103 Å². The van der Waals surface area contributed by atoms with Gasteiger partial charge < -0.3 is 5.32 Å². The third-order valence-electron chi connectivity index (χ3n) is 2.05. The van der Waals surface area contributed by atoms with E-state index in [1.54, 1.807) is 18.2 Å². The lowest BCUT2D eigenvalue weighted by Gasteiger charge is -2.04. The maximum atomic E-state index is 11.6. The summed E-state index contributed by atoms with van der Waals surface area (Å²) in [4.78, 5) is 12.4. The number of hydrogen-bond donors (Lipinski definition) is 2. The fourth-order valence-corrected chi connectivity index (χ4v) is 2.02. The molecule has 16 heavy (non-hydrogen) atoms. The standard InChI is InChI=1S/C11H15NO2S2/c1-2-16(14)7-6-12-11(13)9-4-3-5-10(15)8-9/h3-5,8,15H,2,6-7H2,1H3,(H,12,13). The number of rotatable bonds is 5. The van der Waals surface area contributed by atoms with E-state index in [9.17, 15) is 9.00 Å². The molecule has 0 bridgehead atoms. The lowest BCUT2D eigenvalue weighted by Crippen LogP contribution is -2.27. The Hall–Kier alpha value is -0.810. The second kappa shape index (κ2) is 6.70. The smallest absolute Gasteiger partial charge is 0.251 e. The van der Waals surface area contributed by atoms with E-state index in [2.05, 4.69) is 17.9 Å². The van der Waals surface area contributed by atoms with Gasteiger partial charge in [0.05, 0.1) is 0 Å². The summed E-state index contributed by atoms with van der Waals surface area (Å²) in [5, 5.41) is 2.73. The predicted octanol–water partition coefficient (Wildman–Crippen LogP) is 1.47. The van der Waals surface area contributed by atoms with Crippen molar-refractivity contribution >= 4 is 29.3 Å². The molecular formula is C11H15NO2S2. The number of carbonyl (C=O) groups excluding carboxylic acids is 1. The summed E-state index contributed by atoms with van der Waals surface area (Å²) in [6.07, 6.45) is 0. The minimum Gasteiger partial charge on any atom is -0.351 e. The van der Waals surface area contributed by atoms with Gasteiger partial charge in [0, 0.05) is 39.3 Å². The number of carbonyl (C=O) groups is 1. The third kappa shape index (κ3) is 4.37. The quantitative estimate of drug-likeness (QED) is 0.785. The van der Waals surface area contributed by atoms with Crippen LogP contribution < -0.4 is 5.32 Å². The maximum Gasteiger partial charge on any atom is 0.251 e. The second-order valence-electron chi connectivity index (χ2n) is 3.24. The summed E-state index contributed by atoms with van der Waals surface area (Å²) in [6.45, 7) is 2.30. The van der Waals surface area contributed by atoms with E-state index in [4.69, 9.17) is 0 Å². The molecule has 1 amide bonds. The molecule has 0 fully saturated rings. The first-order valence-corrected chi connectivity index (χ1v) is 6.99. The molecule has 1 unspecified atom stereocenters. The maximum absolute atomic E-state index is 11.6. The van der Waals surface area contributed by atoms with E-state index in [-0.39, 0.29) is 5.91 Å². The van der Waals surface area contributed by atoms with Crippen LogP contribution in [-0.2, 0) is 10.8 Å². The van der Waals surface area contributed by atoms with Gasteiger partial charge in [-0.25, -0.2) is 0 Å². The summed E-state index contributed by atoms with van der Waals surface area (Å²) in [5.41, 5.74) is 0.579. The fraction of sp³-hybridized carbons (Fsp3) is 0.364. The largest absolute Gasteiger partial charge is 0.351 e. The SMILES string of the molecule is CCS(=O)CCNC(=O)c1cccc(S)c1. The summed E-state index contributed by atoms with van der Waals surface area (Å²) < 4.78 is 11.1. The van der Waals surface area contributed by atoms with Gasteiger partial charge in [-0.3, -0.25) is 9.00 Å². The first-order chi connectivity index (χ1) is 7.63. The van der Waals surface area contributed by atoms with Crippen molar-refractivity contribution in [3.05, 3.63) is 29.8 Å². The van der Waals surface area contributed by atoms with E-state index in [0.717, 1.165) is 4.90 Å². The first-order valence-electron chi connectivity index (χ1n) is 5.05. The summed E-state index contributed by atoms with van der Waals surface area (Å²) in [7, 11) is -0.834. The van der Waals surface area contributed by atoms with Gasteiger partial charge in [-0.2, -0.15) is 0 Å². The van der Waals surface area contributed by atoms with Gasteiger partial charge in [0.25, 0.3) is 5.91 Å². The molecule has 0 aliphatic heterocycles. The van der Waals surface area contributed by atoms with Gasteiger partial charge in [-0.1, -0.05) is 13.0 Å². The molecular weight excluding hydrogens is 242 g/mol. The monoisotopic (exact) mass is 257 g/mol. The van der Waals surface area contributed by atoms with E-state index in [1.165, 1.54) is 0 Å². The van der Waals surface area contributed by atoms with Crippen molar-refractivity contribution < 1.29 is 9.00 Å². The zero-order valence-electron chi connectivity index (χ0n) is 9.10. The summed E-state index contributed by atoms with van der Waals surface area (Å²) in [5.74, 6) is 0.981. The Morgan fingerprint density at radius 1 is 1.50 bits per heavy atom. The fourth-order valence-electron chi connectivity index (χ4n) is 1.17. The zero-order chi connectivity index (χ0) is 12.0. The van der Waals surface area contributed by atoms with Gasteiger partial charge in [0.1, 0.15) is 0 Å². The number of hydrogen-bond acceptors (Lipinski definition) is 3. The van der Waals surface area contributed by atoms with Crippen LogP contribution in [0.25, 0.3) is 0 Å². The van der Waals surface area contributed by atoms with Gasteiger partial charge >= 0.3 is 0 Å². The molecule has 1 N–H and O–H groups in total. The predicted molar refractivity (Wildman–Crippen MR) is 69.6 cm³/mol. The van der Waals surface area contributed by atoms with Crippen molar-refractivity contribution in [2.75, 3.05) is 18.1 Å². The van der Waals surface area contributed by atoms with Crippen LogP contribution in [0.4, 0.5) is 0 Å². The third-order valence-corrected chi connectivity index (χ3v) is 3.63. The van der Waals surface area contributed by atoms with Crippen LogP contribution in [-0.4, -0.2) is 28.2 Å². The average Bonchev–Trinajstić information content (AvgIpc) is 2.28. The Balaban J connectivity index is 2.44. The van der Waals surface area contributed by atoms with Crippen molar-refractivity contribution in [1.29, 1.82) is 0 Å². The number of thiol groups is 1. The summed E-state index contributed by atoms with van der Waals surface area (Å²) >= 11 is 4.16. The highest BCUT2D eigenvalue weighted by molar-refractivity contribution is 7.84. The molecule has 88 valence electrons. The molecule has 0 heterocycles. The van der Waals surface area contributed by atoms with Gasteiger partial charge in [-0.15, -0.1) is 12.6 Å². The molecule has 1 atom stereocenters. The highest BCUT2D eigenvalue weighted by atomic mass is 32.2. The number of benzene rings is 1. The van der Waals surface area contributed by atoms with Crippen molar-refractivity contribution in [2.24, 2.45) is 0 Å². The van der Waals surface area contributed by atoms with Gasteiger partial charge in [0.15, 0.2) is 0 Å². The van der Waals surface area contributed by atoms with Gasteiger partial charge in [0.2, 0.25) is 0 Å². The molecule has 5 heteroatoms. The molecule has 1 aromatic rings. The first kappa shape index (κ1) is 13.3. The molecule has 1 rings (SSSR count). The molecule has 0 aliphatic carbocycles. The number of amides is 1. The van der Waals surface area contributed by atoms with Crippen molar-refractivity contribution in [3.8, 4) is 0 Å². The van der Waals surface area contributed by atoms with Crippen LogP contribution in [0.2, 0.25) is 0 Å². The minimum absolute atomic E-state index is 0.149. The summed E-state index contributed by atoms with van der Waals surface area (Å²) in [6, 6.07) is 7.02. The molecule has 0 saturated carbocycles. The van der Waals surface area contributed by atoms with Crippen LogP contribution in [0.5, 0.6) is 0 Å². The van der Waals surface area contributed by atoms with Crippen LogP contribution in [0.3, 0.4) is 0 Å². The van der Waals surface area contributed by atoms with Crippen LogP contribution in [0.15, 0.2) is 29.2 Å². The van der Waals surface area contributed by atoms with Gasteiger partial charge in [-0.05, 0) is 18.2 Å². The highest BCUT2D eigenvalue weighted by Gasteiger charge is 2.05. The van der Waals surface area contributed by atoms with Crippen molar-refractivity contribution in [1.82, 2.24) is 5.32 Å². The number of nitrogens with one attached hydrogen (secondary N) is 1. The average molecular weight is 257 g/mol. The van der Waals surface area contributed by atoms with Crippen molar-refractivity contribution in [3.63, 3.8) is 0 Å². The van der Waals surface area contributed by atoms with Crippen LogP contribution in [0.1, 0.15) is 17.3 Å². The van der Waals surface area contributed by atoms with Crippen LogP contribution >= 0.6 is 12.6 Å². The van der Waals surface area contributed by atoms with E-state index >= 15 is 0 Å². The van der Waals surface area contributed by atoms with E-state index < -0.39 is 10.8 Å². The van der Waals surface area contributed by atoms with E-state index in [0.29, 0.717) is 23.6 Å². The normalized spacial score (nSPS) is 12.1. The lowest BCUT2D eigenvalue weighted by atomic mass is 10.2. The van der Waals surface area contributed by atoms with Crippen LogP contribution in [0, 0.1) is 0 Å². The van der Waals surface area contributed by atoms with Crippen molar-refractivity contribution in [2.45, 2.75) is 11.8 Å². The Kier molecular flexibility index (Phi) is 5.55. The van der Waals surface area contributed by atoms with E-state index in [1.807, 2.05) is 13.0 Å². The molecule has 0 spiro atoms. The topological polar surface area (TPSA) is 46.2 Å². The Morgan fingerprint density at radius 3 is 2.88 bits per heavy atom. The highest BCUT2D eigenvalue weighted by Crippen LogP contribution is 2.08. The molecule has 3 nitrogen and oxygen atoms in total. The minimum atomic E-state index is -0.834. The Bertz CT molecular complexity index is 393. The lowest BCUT2D eigenvalue weighted by molar-refractivity contribution is 0.0956. The molecule has 0 radical (unpaired) electrons. The molecule has 0 aliphatic rings. The Morgan fingerprint density at radius 2 is 2.25 bits per heavy atom. The molecule has 1 aromatic carbocycles. The second-order valence-corrected chi connectivity index (χ2v) is 5.62. The molecule has 0 saturated heterocycles. The zero-order valence-corrected chi connectivity index (χ0v) is 10.8.